The van der Waals surface area contributed by atoms with Gasteiger partial charge in [0.2, 0.25) is 0 Å². The first kappa shape index (κ1) is 13.4. The highest BCUT2D eigenvalue weighted by atomic mass is 16.1. The molecule has 0 aliphatic carbocycles. The van der Waals surface area contributed by atoms with Crippen LogP contribution in [-0.4, -0.2) is 42.5 Å². The Balaban J connectivity index is 2.46. The first-order chi connectivity index (χ1) is 8.17. The highest BCUT2D eigenvalue weighted by Gasteiger charge is 2.07. The van der Waals surface area contributed by atoms with E-state index >= 15 is 0 Å². The number of nitrogen functional groups attached to an aromatic ring is 1. The van der Waals surface area contributed by atoms with Crippen LogP contribution in [0.15, 0.2) is 18.3 Å². The van der Waals surface area contributed by atoms with E-state index in [1.807, 2.05) is 7.05 Å². The third kappa shape index (κ3) is 4.38. The van der Waals surface area contributed by atoms with E-state index in [2.05, 4.69) is 27.6 Å². The van der Waals surface area contributed by atoms with Crippen molar-refractivity contribution in [3.63, 3.8) is 0 Å². The lowest BCUT2D eigenvalue weighted by molar-refractivity contribution is 0.0945. The molecule has 6 nitrogen and oxygen atoms in total. The monoisotopic (exact) mass is 237 g/mol. The van der Waals surface area contributed by atoms with Gasteiger partial charge in [-0.05, 0) is 25.7 Å². The second-order valence-electron chi connectivity index (χ2n) is 3.73. The van der Waals surface area contributed by atoms with Crippen molar-refractivity contribution < 1.29 is 4.79 Å². The van der Waals surface area contributed by atoms with E-state index < -0.39 is 0 Å². The van der Waals surface area contributed by atoms with Crippen LogP contribution >= 0.6 is 0 Å². The molecule has 0 radical (unpaired) electrons. The first-order valence-corrected chi connectivity index (χ1v) is 5.56. The van der Waals surface area contributed by atoms with Gasteiger partial charge in [0.1, 0.15) is 5.69 Å². The summed E-state index contributed by atoms with van der Waals surface area (Å²) in [6.07, 6.45) is 1.54. The Bertz CT molecular complexity index is 369. The summed E-state index contributed by atoms with van der Waals surface area (Å²) in [4.78, 5) is 17.8. The van der Waals surface area contributed by atoms with Crippen LogP contribution in [0.4, 0.5) is 5.69 Å². The predicted octanol–water partition coefficient (Wildman–Crippen LogP) is 0.0487. The summed E-state index contributed by atoms with van der Waals surface area (Å²) in [5.41, 5.74) is 3.50. The standard InChI is InChI=1S/C11H19N5O/c1-3-16(2)7-6-14-11(17)10-8-9(15-12)4-5-13-10/h4-5,8H,3,6-7,12H2,1-2H3,(H,13,15)(H,14,17). The van der Waals surface area contributed by atoms with Gasteiger partial charge in [-0.3, -0.25) is 15.6 Å². The smallest absolute Gasteiger partial charge is 0.269 e. The number of nitrogens with one attached hydrogen (secondary N) is 2. The third-order valence-corrected chi connectivity index (χ3v) is 2.48. The summed E-state index contributed by atoms with van der Waals surface area (Å²) in [5.74, 6) is 5.07. The number of nitrogens with zero attached hydrogens (tertiary/aromatic N) is 2. The quantitative estimate of drug-likeness (QED) is 0.481. The van der Waals surface area contributed by atoms with Gasteiger partial charge >= 0.3 is 0 Å². The molecule has 1 heterocycles. The van der Waals surface area contributed by atoms with Crippen molar-refractivity contribution in [3.05, 3.63) is 24.0 Å². The fourth-order valence-electron chi connectivity index (χ4n) is 1.25. The number of rotatable bonds is 6. The van der Waals surface area contributed by atoms with Crippen LogP contribution < -0.4 is 16.6 Å². The van der Waals surface area contributed by atoms with E-state index in [1.165, 1.54) is 0 Å². The average molecular weight is 237 g/mol. The van der Waals surface area contributed by atoms with E-state index in [1.54, 1.807) is 18.3 Å². The molecule has 0 fully saturated rings. The minimum atomic E-state index is -0.188. The van der Waals surface area contributed by atoms with Gasteiger partial charge in [0.15, 0.2) is 0 Å². The Kier molecular flexibility index (Phi) is 5.38. The zero-order valence-electron chi connectivity index (χ0n) is 10.2. The van der Waals surface area contributed by atoms with E-state index in [0.717, 1.165) is 13.1 Å². The molecule has 0 aliphatic heterocycles. The van der Waals surface area contributed by atoms with Crippen LogP contribution in [0.25, 0.3) is 0 Å². The van der Waals surface area contributed by atoms with Crippen LogP contribution in [0.3, 0.4) is 0 Å². The summed E-state index contributed by atoms with van der Waals surface area (Å²) in [6, 6.07) is 3.31. The highest BCUT2D eigenvalue weighted by Crippen LogP contribution is 2.05. The van der Waals surface area contributed by atoms with E-state index in [0.29, 0.717) is 17.9 Å². The maximum Gasteiger partial charge on any atom is 0.269 e. The van der Waals surface area contributed by atoms with Crippen LogP contribution in [0, 0.1) is 0 Å². The first-order valence-electron chi connectivity index (χ1n) is 5.56. The van der Waals surface area contributed by atoms with Gasteiger partial charge in [-0.2, -0.15) is 0 Å². The maximum atomic E-state index is 11.7. The molecule has 0 atom stereocenters. The Hall–Kier alpha value is -1.66. The molecule has 0 aliphatic rings. The van der Waals surface area contributed by atoms with E-state index in [9.17, 15) is 4.79 Å². The topological polar surface area (TPSA) is 83.3 Å². The second kappa shape index (κ2) is 6.82. The largest absolute Gasteiger partial charge is 0.349 e. The number of hydrogen-bond acceptors (Lipinski definition) is 5. The van der Waals surface area contributed by atoms with E-state index in [-0.39, 0.29) is 5.91 Å². The Morgan fingerprint density at radius 3 is 3.00 bits per heavy atom. The minimum absolute atomic E-state index is 0.188. The van der Waals surface area contributed by atoms with Gasteiger partial charge in [-0.15, -0.1) is 0 Å². The second-order valence-corrected chi connectivity index (χ2v) is 3.73. The van der Waals surface area contributed by atoms with Crippen molar-refractivity contribution in [2.24, 2.45) is 5.84 Å². The van der Waals surface area contributed by atoms with Gasteiger partial charge in [-0.25, -0.2) is 0 Å². The molecule has 6 heteroatoms. The summed E-state index contributed by atoms with van der Waals surface area (Å²) in [5, 5.41) is 2.80. The number of hydrazine groups is 1. The average Bonchev–Trinajstić information content (AvgIpc) is 2.38. The molecule has 94 valence electrons. The molecular weight excluding hydrogens is 218 g/mol. The van der Waals surface area contributed by atoms with Crippen molar-refractivity contribution in [2.45, 2.75) is 6.92 Å². The molecule has 0 unspecified atom stereocenters. The lowest BCUT2D eigenvalue weighted by atomic mass is 10.3. The molecule has 1 aromatic rings. The van der Waals surface area contributed by atoms with Crippen molar-refractivity contribution in [2.75, 3.05) is 32.1 Å². The van der Waals surface area contributed by atoms with Crippen LogP contribution in [-0.2, 0) is 0 Å². The summed E-state index contributed by atoms with van der Waals surface area (Å²) >= 11 is 0. The molecule has 1 rings (SSSR count). The number of carbonyl (C=O) groups excluding carboxylic acids is 1. The van der Waals surface area contributed by atoms with Crippen LogP contribution in [0.1, 0.15) is 17.4 Å². The molecule has 0 saturated carbocycles. The Labute approximate surface area is 101 Å². The van der Waals surface area contributed by atoms with Crippen molar-refractivity contribution in [1.29, 1.82) is 0 Å². The zero-order valence-corrected chi connectivity index (χ0v) is 10.2. The summed E-state index contributed by atoms with van der Waals surface area (Å²) in [7, 11) is 2.00. The lowest BCUT2D eigenvalue weighted by Gasteiger charge is -2.13. The highest BCUT2D eigenvalue weighted by molar-refractivity contribution is 5.93. The fraction of sp³-hybridized carbons (Fsp3) is 0.455. The van der Waals surface area contributed by atoms with Crippen molar-refractivity contribution in [1.82, 2.24) is 15.2 Å². The van der Waals surface area contributed by atoms with E-state index in [4.69, 9.17) is 5.84 Å². The van der Waals surface area contributed by atoms with Gasteiger partial charge in [-0.1, -0.05) is 6.92 Å². The summed E-state index contributed by atoms with van der Waals surface area (Å²) in [6.45, 7) is 4.45. The van der Waals surface area contributed by atoms with Crippen LogP contribution in [0.2, 0.25) is 0 Å². The number of hydrogen-bond donors (Lipinski definition) is 3. The number of nitrogens with two attached hydrogens (primary N) is 1. The number of carbonyl (C=O) groups is 1. The molecule has 1 amide bonds. The van der Waals surface area contributed by atoms with Crippen LogP contribution in [0.5, 0.6) is 0 Å². The number of likely N-dealkylation sites (N-methyl/N-ethyl adjacent to an activating group) is 1. The third-order valence-electron chi connectivity index (χ3n) is 2.48. The molecule has 17 heavy (non-hydrogen) atoms. The molecule has 0 spiro atoms. The SMILES string of the molecule is CCN(C)CCNC(=O)c1cc(NN)ccn1. The maximum absolute atomic E-state index is 11.7. The Morgan fingerprint density at radius 2 is 2.35 bits per heavy atom. The van der Waals surface area contributed by atoms with Gasteiger partial charge < -0.3 is 15.6 Å². The van der Waals surface area contributed by atoms with Crippen molar-refractivity contribution in [3.8, 4) is 0 Å². The van der Waals surface area contributed by atoms with Gasteiger partial charge in [0.05, 0.1) is 5.69 Å². The molecule has 1 aromatic heterocycles. The van der Waals surface area contributed by atoms with Gasteiger partial charge in [0, 0.05) is 19.3 Å². The summed E-state index contributed by atoms with van der Waals surface area (Å²) < 4.78 is 0. The lowest BCUT2D eigenvalue weighted by Crippen LogP contribution is -2.33. The number of pyridine rings is 1. The number of anilines is 1. The van der Waals surface area contributed by atoms with Crippen molar-refractivity contribution >= 4 is 11.6 Å². The molecule has 0 saturated heterocycles. The normalized spacial score (nSPS) is 10.4. The zero-order chi connectivity index (χ0) is 12.7. The van der Waals surface area contributed by atoms with Gasteiger partial charge in [0.25, 0.3) is 5.91 Å². The Morgan fingerprint density at radius 1 is 1.59 bits per heavy atom. The minimum Gasteiger partial charge on any atom is -0.349 e. The fourth-order valence-corrected chi connectivity index (χ4v) is 1.25. The predicted molar refractivity (Wildman–Crippen MR) is 67.6 cm³/mol. The molecule has 0 bridgehead atoms. The molecule has 4 N–H and O–H groups in total. The number of amides is 1. The molecule has 0 aromatic carbocycles. The number of aromatic nitrogens is 1. The molecular formula is C11H19N5O.